The fourth-order valence-electron chi connectivity index (χ4n) is 1.55. The summed E-state index contributed by atoms with van der Waals surface area (Å²) in [6.45, 7) is 7.64. The number of rotatable bonds is 5. The van der Waals surface area contributed by atoms with E-state index >= 15 is 0 Å². The van der Waals surface area contributed by atoms with E-state index in [4.69, 9.17) is 15.2 Å². The lowest BCUT2D eigenvalue weighted by atomic mass is 9.93. The predicted octanol–water partition coefficient (Wildman–Crippen LogP) is 2.21. The summed E-state index contributed by atoms with van der Waals surface area (Å²) in [5, 5.41) is 0. The van der Waals surface area contributed by atoms with Crippen molar-refractivity contribution < 1.29 is 14.3 Å². The minimum absolute atomic E-state index is 0.116. The molecule has 4 heteroatoms. The van der Waals surface area contributed by atoms with Crippen LogP contribution in [0.5, 0.6) is 5.75 Å². The predicted molar refractivity (Wildman–Crippen MR) is 70.4 cm³/mol. The fraction of sp³-hybridized carbons (Fsp3) is 0.500. The van der Waals surface area contributed by atoms with Crippen molar-refractivity contribution in [2.45, 2.75) is 39.3 Å². The van der Waals surface area contributed by atoms with Crippen LogP contribution in [0.4, 0.5) is 0 Å². The fourth-order valence-corrected chi connectivity index (χ4v) is 1.55. The molecule has 1 aromatic rings. The summed E-state index contributed by atoms with van der Waals surface area (Å²) >= 11 is 0. The summed E-state index contributed by atoms with van der Waals surface area (Å²) < 4.78 is 10.5. The van der Waals surface area contributed by atoms with Crippen molar-refractivity contribution in [3.05, 3.63) is 29.8 Å². The molecular weight excluding hydrogens is 230 g/mol. The van der Waals surface area contributed by atoms with Crippen LogP contribution in [0.1, 0.15) is 33.3 Å². The first kappa shape index (κ1) is 14.5. The maximum Gasteiger partial charge on any atom is 0.330 e. The molecule has 0 aliphatic heterocycles. The summed E-state index contributed by atoms with van der Waals surface area (Å²) in [7, 11) is 0. The second-order valence-corrected chi connectivity index (χ2v) is 4.61. The Balaban J connectivity index is 2.86. The van der Waals surface area contributed by atoms with Crippen molar-refractivity contribution >= 4 is 5.97 Å². The number of ether oxygens (including phenoxy) is 2. The first-order chi connectivity index (χ1) is 8.37. The number of hydrogen-bond acceptors (Lipinski definition) is 4. The second kappa shape index (κ2) is 5.87. The van der Waals surface area contributed by atoms with Gasteiger partial charge in [-0.15, -0.1) is 0 Å². The molecule has 0 fully saturated rings. The molecular formula is C14H21NO3. The number of benzene rings is 1. The highest BCUT2D eigenvalue weighted by Gasteiger charge is 2.31. The molecule has 0 bridgehead atoms. The van der Waals surface area contributed by atoms with Crippen LogP contribution in [0, 0.1) is 0 Å². The van der Waals surface area contributed by atoms with Gasteiger partial charge < -0.3 is 15.2 Å². The van der Waals surface area contributed by atoms with Crippen molar-refractivity contribution in [3.8, 4) is 5.75 Å². The van der Waals surface area contributed by atoms with E-state index in [2.05, 4.69) is 0 Å². The molecule has 1 atom stereocenters. The van der Waals surface area contributed by atoms with Crippen LogP contribution in [-0.2, 0) is 15.1 Å². The van der Waals surface area contributed by atoms with E-state index < -0.39 is 11.5 Å². The summed E-state index contributed by atoms with van der Waals surface area (Å²) in [6.07, 6.45) is 0.116. The topological polar surface area (TPSA) is 61.5 Å². The lowest BCUT2D eigenvalue weighted by Gasteiger charge is -2.23. The van der Waals surface area contributed by atoms with Crippen molar-refractivity contribution in [1.29, 1.82) is 0 Å². The van der Waals surface area contributed by atoms with Gasteiger partial charge in [0.15, 0.2) is 0 Å². The molecule has 0 aliphatic carbocycles. The quantitative estimate of drug-likeness (QED) is 0.815. The zero-order chi connectivity index (χ0) is 13.8. The highest BCUT2D eigenvalue weighted by Crippen LogP contribution is 2.22. The van der Waals surface area contributed by atoms with Gasteiger partial charge in [-0.25, -0.2) is 4.79 Å². The van der Waals surface area contributed by atoms with E-state index in [9.17, 15) is 4.79 Å². The highest BCUT2D eigenvalue weighted by atomic mass is 16.5. The molecule has 2 N–H and O–H groups in total. The molecule has 4 nitrogen and oxygen atoms in total. The van der Waals surface area contributed by atoms with Crippen LogP contribution in [0.3, 0.4) is 0 Å². The van der Waals surface area contributed by atoms with E-state index in [-0.39, 0.29) is 6.10 Å². The Kier molecular flexibility index (Phi) is 4.73. The first-order valence-corrected chi connectivity index (χ1v) is 6.11. The van der Waals surface area contributed by atoms with Crippen LogP contribution in [0.15, 0.2) is 24.3 Å². The number of nitrogens with two attached hydrogens (primary N) is 1. The van der Waals surface area contributed by atoms with Gasteiger partial charge in [-0.05, 0) is 45.4 Å². The summed E-state index contributed by atoms with van der Waals surface area (Å²) in [6, 6.07) is 7.18. The molecule has 0 radical (unpaired) electrons. The van der Waals surface area contributed by atoms with E-state index in [0.29, 0.717) is 12.2 Å². The number of carbonyl (C=O) groups is 1. The zero-order valence-corrected chi connectivity index (χ0v) is 11.4. The van der Waals surface area contributed by atoms with Gasteiger partial charge in [-0.3, -0.25) is 0 Å². The highest BCUT2D eigenvalue weighted by molar-refractivity contribution is 5.81. The lowest BCUT2D eigenvalue weighted by molar-refractivity contribution is -0.149. The van der Waals surface area contributed by atoms with E-state index in [1.54, 1.807) is 38.1 Å². The molecule has 0 amide bonds. The minimum Gasteiger partial charge on any atom is -0.491 e. The molecule has 0 aromatic heterocycles. The van der Waals surface area contributed by atoms with Crippen LogP contribution in [-0.4, -0.2) is 18.7 Å². The standard InChI is InChI=1S/C14H21NO3/c1-5-17-13(16)14(4,15)11-6-8-12(9-7-11)18-10(2)3/h6-10H,5,15H2,1-4H3. The van der Waals surface area contributed by atoms with Gasteiger partial charge in [0.2, 0.25) is 0 Å². The van der Waals surface area contributed by atoms with Gasteiger partial charge in [0.25, 0.3) is 0 Å². The Morgan fingerprint density at radius 3 is 2.33 bits per heavy atom. The normalized spacial score (nSPS) is 14.1. The van der Waals surface area contributed by atoms with Crippen LogP contribution in [0.2, 0.25) is 0 Å². The minimum atomic E-state index is -1.13. The number of esters is 1. The van der Waals surface area contributed by atoms with E-state index in [1.165, 1.54) is 0 Å². The molecule has 0 saturated carbocycles. The average molecular weight is 251 g/mol. The Labute approximate surface area is 108 Å². The van der Waals surface area contributed by atoms with Crippen LogP contribution in [0.25, 0.3) is 0 Å². The van der Waals surface area contributed by atoms with Gasteiger partial charge in [0.05, 0.1) is 12.7 Å². The van der Waals surface area contributed by atoms with Gasteiger partial charge in [0.1, 0.15) is 11.3 Å². The summed E-state index contributed by atoms with van der Waals surface area (Å²) in [4.78, 5) is 11.7. The van der Waals surface area contributed by atoms with E-state index in [0.717, 1.165) is 5.75 Å². The van der Waals surface area contributed by atoms with Crippen LogP contribution < -0.4 is 10.5 Å². The molecule has 1 unspecified atom stereocenters. The largest absolute Gasteiger partial charge is 0.491 e. The third-order valence-corrected chi connectivity index (χ3v) is 2.53. The molecule has 0 saturated heterocycles. The molecule has 1 rings (SSSR count). The Hall–Kier alpha value is -1.55. The third kappa shape index (κ3) is 3.47. The third-order valence-electron chi connectivity index (χ3n) is 2.53. The van der Waals surface area contributed by atoms with Gasteiger partial charge in [-0.2, -0.15) is 0 Å². The molecule has 100 valence electrons. The zero-order valence-electron chi connectivity index (χ0n) is 11.4. The maximum absolute atomic E-state index is 11.7. The summed E-state index contributed by atoms with van der Waals surface area (Å²) in [5.41, 5.74) is 5.58. The molecule has 0 heterocycles. The maximum atomic E-state index is 11.7. The molecule has 18 heavy (non-hydrogen) atoms. The molecule has 0 spiro atoms. The SMILES string of the molecule is CCOC(=O)C(C)(N)c1ccc(OC(C)C)cc1. The average Bonchev–Trinajstić information content (AvgIpc) is 2.29. The van der Waals surface area contributed by atoms with E-state index in [1.807, 2.05) is 13.8 Å². The lowest BCUT2D eigenvalue weighted by Crippen LogP contribution is -2.43. The van der Waals surface area contributed by atoms with Gasteiger partial charge >= 0.3 is 5.97 Å². The van der Waals surface area contributed by atoms with Crippen molar-refractivity contribution in [2.24, 2.45) is 5.73 Å². The number of hydrogen-bond donors (Lipinski definition) is 1. The van der Waals surface area contributed by atoms with Crippen molar-refractivity contribution in [1.82, 2.24) is 0 Å². The van der Waals surface area contributed by atoms with Gasteiger partial charge in [-0.1, -0.05) is 12.1 Å². The smallest absolute Gasteiger partial charge is 0.330 e. The van der Waals surface area contributed by atoms with Crippen molar-refractivity contribution in [2.75, 3.05) is 6.61 Å². The Bertz CT molecular complexity index is 396. The monoisotopic (exact) mass is 251 g/mol. The molecule has 0 aliphatic rings. The second-order valence-electron chi connectivity index (χ2n) is 4.61. The molecule has 1 aromatic carbocycles. The first-order valence-electron chi connectivity index (χ1n) is 6.11. The Morgan fingerprint density at radius 2 is 1.89 bits per heavy atom. The summed E-state index contributed by atoms with van der Waals surface area (Å²) in [5.74, 6) is 0.330. The van der Waals surface area contributed by atoms with Gasteiger partial charge in [0, 0.05) is 0 Å². The Morgan fingerprint density at radius 1 is 1.33 bits per heavy atom. The van der Waals surface area contributed by atoms with Crippen LogP contribution >= 0.6 is 0 Å². The number of carbonyl (C=O) groups excluding carboxylic acids is 1. The van der Waals surface area contributed by atoms with Crippen molar-refractivity contribution in [3.63, 3.8) is 0 Å².